The quantitative estimate of drug-likeness (QED) is 0.619. The smallest absolute Gasteiger partial charge is 0.325 e. The molecule has 2 heterocycles. The maximum absolute atomic E-state index is 13.0. The Kier molecular flexibility index (Phi) is 4.97. The predicted molar refractivity (Wildman–Crippen MR) is 109 cm³/mol. The van der Waals surface area contributed by atoms with Gasteiger partial charge in [0.1, 0.15) is 12.1 Å². The van der Waals surface area contributed by atoms with Gasteiger partial charge in [-0.05, 0) is 48.9 Å². The van der Waals surface area contributed by atoms with Crippen LogP contribution in [0.25, 0.3) is 0 Å². The Balaban J connectivity index is 1.45. The van der Waals surface area contributed by atoms with Gasteiger partial charge in [0.05, 0.1) is 0 Å². The molecule has 3 N–H and O–H groups in total. The molecule has 0 spiro atoms. The highest BCUT2D eigenvalue weighted by Gasteiger charge is 2.49. The van der Waals surface area contributed by atoms with Crippen LogP contribution in [0, 0.1) is 0 Å². The highest BCUT2D eigenvalue weighted by molar-refractivity contribution is 6.10. The Labute approximate surface area is 177 Å². The van der Waals surface area contributed by atoms with Crippen LogP contribution in [0.4, 0.5) is 10.5 Å². The van der Waals surface area contributed by atoms with Gasteiger partial charge in [-0.1, -0.05) is 6.07 Å². The van der Waals surface area contributed by atoms with E-state index in [2.05, 4.69) is 16.0 Å². The molecule has 5 amide bonds. The van der Waals surface area contributed by atoms with Crippen molar-refractivity contribution < 1.29 is 28.7 Å². The standard InChI is InChI=1S/C21H20N4O6/c1-21(13-5-8-15-16(9-13)31-11-30-15)19(28)25(20(29)24-21)10-17(26)23-14-6-3-12(4-7-14)18(27)22-2/h3-9H,10-11H2,1-2H3,(H,22,27)(H,23,26)(H,24,29)/t21-/m1/s1. The van der Waals surface area contributed by atoms with Crippen LogP contribution in [0.5, 0.6) is 11.5 Å². The Morgan fingerprint density at radius 3 is 2.52 bits per heavy atom. The van der Waals surface area contributed by atoms with E-state index in [0.29, 0.717) is 28.3 Å². The van der Waals surface area contributed by atoms with Gasteiger partial charge in [0.15, 0.2) is 11.5 Å². The number of rotatable bonds is 5. The molecule has 0 radical (unpaired) electrons. The van der Waals surface area contributed by atoms with Gasteiger partial charge in [-0.15, -0.1) is 0 Å². The summed E-state index contributed by atoms with van der Waals surface area (Å²) in [6.07, 6.45) is 0. The van der Waals surface area contributed by atoms with Crippen molar-refractivity contribution in [3.05, 3.63) is 53.6 Å². The first-order valence-electron chi connectivity index (χ1n) is 9.48. The largest absolute Gasteiger partial charge is 0.454 e. The summed E-state index contributed by atoms with van der Waals surface area (Å²) >= 11 is 0. The van der Waals surface area contributed by atoms with Crippen molar-refractivity contribution in [1.82, 2.24) is 15.5 Å². The molecule has 0 aliphatic carbocycles. The van der Waals surface area contributed by atoms with E-state index in [9.17, 15) is 19.2 Å². The average molecular weight is 424 g/mol. The number of carbonyl (C=O) groups excluding carboxylic acids is 4. The molecular formula is C21H20N4O6. The van der Waals surface area contributed by atoms with Crippen LogP contribution in [-0.2, 0) is 15.1 Å². The number of hydrogen-bond acceptors (Lipinski definition) is 6. The van der Waals surface area contributed by atoms with Crippen molar-refractivity contribution in [1.29, 1.82) is 0 Å². The summed E-state index contributed by atoms with van der Waals surface area (Å²) in [6.45, 7) is 1.20. The van der Waals surface area contributed by atoms with Crippen molar-refractivity contribution >= 4 is 29.4 Å². The maximum Gasteiger partial charge on any atom is 0.325 e. The molecule has 2 aliphatic heterocycles. The summed E-state index contributed by atoms with van der Waals surface area (Å²) in [5.74, 6) is -0.312. The first-order chi connectivity index (χ1) is 14.8. The molecule has 0 unspecified atom stereocenters. The molecule has 1 fully saturated rings. The molecule has 0 aromatic heterocycles. The molecule has 2 aliphatic rings. The number of urea groups is 1. The van der Waals surface area contributed by atoms with Gasteiger partial charge in [0, 0.05) is 18.3 Å². The number of fused-ring (bicyclic) bond motifs is 1. The molecule has 10 heteroatoms. The van der Waals surface area contributed by atoms with Gasteiger partial charge in [-0.25, -0.2) is 4.79 Å². The zero-order valence-electron chi connectivity index (χ0n) is 16.9. The molecule has 2 aromatic rings. The van der Waals surface area contributed by atoms with E-state index in [-0.39, 0.29) is 12.7 Å². The second-order valence-electron chi connectivity index (χ2n) is 7.22. The van der Waals surface area contributed by atoms with Gasteiger partial charge >= 0.3 is 6.03 Å². The molecule has 0 bridgehead atoms. The summed E-state index contributed by atoms with van der Waals surface area (Å²) in [6, 6.07) is 10.5. The minimum Gasteiger partial charge on any atom is -0.454 e. The molecule has 10 nitrogen and oxygen atoms in total. The van der Waals surface area contributed by atoms with Crippen molar-refractivity contribution in [3.63, 3.8) is 0 Å². The number of nitrogens with zero attached hydrogens (tertiary/aromatic N) is 1. The zero-order valence-corrected chi connectivity index (χ0v) is 16.9. The van der Waals surface area contributed by atoms with Crippen molar-refractivity contribution in [3.8, 4) is 11.5 Å². The van der Waals surface area contributed by atoms with Crippen LogP contribution in [-0.4, -0.2) is 49.0 Å². The van der Waals surface area contributed by atoms with E-state index >= 15 is 0 Å². The molecule has 4 rings (SSSR count). The summed E-state index contributed by atoms with van der Waals surface area (Å²) in [5, 5.41) is 7.77. The second kappa shape index (κ2) is 7.63. The molecule has 31 heavy (non-hydrogen) atoms. The van der Waals surface area contributed by atoms with Crippen molar-refractivity contribution in [2.24, 2.45) is 0 Å². The van der Waals surface area contributed by atoms with E-state index in [0.717, 1.165) is 4.90 Å². The highest BCUT2D eigenvalue weighted by Crippen LogP contribution is 2.37. The molecule has 0 saturated carbocycles. The fraction of sp³-hybridized carbons (Fsp3) is 0.238. The van der Waals surface area contributed by atoms with Gasteiger partial charge < -0.3 is 25.4 Å². The van der Waals surface area contributed by atoms with Crippen LogP contribution in [0.15, 0.2) is 42.5 Å². The lowest BCUT2D eigenvalue weighted by molar-refractivity contribution is -0.133. The van der Waals surface area contributed by atoms with Crippen LogP contribution < -0.4 is 25.4 Å². The van der Waals surface area contributed by atoms with Crippen LogP contribution in [0.3, 0.4) is 0 Å². The summed E-state index contributed by atoms with van der Waals surface area (Å²) < 4.78 is 10.6. The number of carbonyl (C=O) groups is 4. The van der Waals surface area contributed by atoms with E-state index in [1.807, 2.05) is 0 Å². The molecule has 2 aromatic carbocycles. The molecular weight excluding hydrogens is 404 g/mol. The Morgan fingerprint density at radius 2 is 1.81 bits per heavy atom. The molecule has 160 valence electrons. The van der Waals surface area contributed by atoms with E-state index in [4.69, 9.17) is 9.47 Å². The first-order valence-corrected chi connectivity index (χ1v) is 9.48. The number of amides is 5. The van der Waals surface area contributed by atoms with E-state index in [1.165, 1.54) is 7.05 Å². The number of hydrogen-bond donors (Lipinski definition) is 3. The van der Waals surface area contributed by atoms with E-state index in [1.54, 1.807) is 49.4 Å². The number of anilines is 1. The summed E-state index contributed by atoms with van der Waals surface area (Å²) in [4.78, 5) is 50.4. The third-order valence-corrected chi connectivity index (χ3v) is 5.18. The van der Waals surface area contributed by atoms with Crippen LogP contribution in [0.1, 0.15) is 22.8 Å². The zero-order chi connectivity index (χ0) is 22.2. The first kappa shape index (κ1) is 20.2. The third kappa shape index (κ3) is 3.63. The lowest BCUT2D eigenvalue weighted by atomic mass is 9.91. The average Bonchev–Trinajstić information content (AvgIpc) is 3.32. The lowest BCUT2D eigenvalue weighted by Gasteiger charge is -2.22. The number of imide groups is 1. The van der Waals surface area contributed by atoms with Gasteiger partial charge in [-0.2, -0.15) is 0 Å². The number of benzene rings is 2. The second-order valence-corrected chi connectivity index (χ2v) is 7.22. The van der Waals surface area contributed by atoms with Crippen molar-refractivity contribution in [2.45, 2.75) is 12.5 Å². The van der Waals surface area contributed by atoms with Crippen LogP contribution >= 0.6 is 0 Å². The Bertz CT molecular complexity index is 1080. The lowest BCUT2D eigenvalue weighted by Crippen LogP contribution is -2.42. The molecule has 1 atom stereocenters. The van der Waals surface area contributed by atoms with Gasteiger partial charge in [0.2, 0.25) is 12.7 Å². The SMILES string of the molecule is CNC(=O)c1ccc(NC(=O)CN2C(=O)N[C@](C)(c3ccc4c(c3)OCO4)C2=O)cc1. The summed E-state index contributed by atoms with van der Waals surface area (Å²) in [5.41, 5.74) is 0.0492. The van der Waals surface area contributed by atoms with Gasteiger partial charge in [-0.3, -0.25) is 19.3 Å². The van der Waals surface area contributed by atoms with Crippen LogP contribution in [0.2, 0.25) is 0 Å². The number of nitrogens with one attached hydrogen (secondary N) is 3. The molecule has 1 saturated heterocycles. The van der Waals surface area contributed by atoms with E-state index < -0.39 is 29.9 Å². The van der Waals surface area contributed by atoms with Gasteiger partial charge in [0.25, 0.3) is 11.8 Å². The topological polar surface area (TPSA) is 126 Å². The Hall–Kier alpha value is -4.08. The third-order valence-electron chi connectivity index (χ3n) is 5.18. The minimum absolute atomic E-state index is 0.0895. The monoisotopic (exact) mass is 424 g/mol. The summed E-state index contributed by atoms with van der Waals surface area (Å²) in [7, 11) is 1.52. The fourth-order valence-electron chi connectivity index (χ4n) is 3.44. The predicted octanol–water partition coefficient (Wildman–Crippen LogP) is 1.18. The normalized spacial score (nSPS) is 19.2. The van der Waals surface area contributed by atoms with Crippen molar-refractivity contribution in [2.75, 3.05) is 25.7 Å². The number of ether oxygens (including phenoxy) is 2. The Morgan fingerprint density at radius 1 is 1.10 bits per heavy atom. The fourth-order valence-corrected chi connectivity index (χ4v) is 3.44. The maximum atomic E-state index is 13.0. The minimum atomic E-state index is -1.34. The highest BCUT2D eigenvalue weighted by atomic mass is 16.7.